The molecule has 0 aromatic rings. The largest absolute Gasteiger partial charge is 0.480 e. The Morgan fingerprint density at radius 2 is 1.63 bits per heavy atom. The minimum atomic E-state index is -1.45. The Hall–Kier alpha value is -2.58. The molecule has 0 aliphatic carbocycles. The van der Waals surface area contributed by atoms with Crippen molar-refractivity contribution in [1.82, 2.24) is 16.0 Å². The summed E-state index contributed by atoms with van der Waals surface area (Å²) in [5, 5.41) is 26.0. The summed E-state index contributed by atoms with van der Waals surface area (Å²) in [5.41, 5.74) is 15.9. The fraction of sp³-hybridized carbons (Fsp3) is 0.688. The van der Waals surface area contributed by atoms with Gasteiger partial charge in [0, 0.05) is 12.3 Å². The van der Waals surface area contributed by atoms with Gasteiger partial charge in [0.25, 0.3) is 0 Å². The van der Waals surface area contributed by atoms with Gasteiger partial charge in [-0.2, -0.15) is 12.6 Å². The van der Waals surface area contributed by atoms with Gasteiger partial charge in [-0.15, -0.1) is 0 Å². The molecule has 0 aromatic heterocycles. The van der Waals surface area contributed by atoms with Crippen LogP contribution in [0, 0.1) is 0 Å². The second-order valence-electron chi connectivity index (χ2n) is 6.59. The fourth-order valence-corrected chi connectivity index (χ4v) is 2.34. The number of rotatable bonds is 13. The van der Waals surface area contributed by atoms with Crippen molar-refractivity contribution in [1.29, 1.82) is 0 Å². The SMILES string of the molecule is CC(NC(=O)C(N)CS)C(=O)NC(C(=O)NC(CCCN=C(N)N)C(=O)O)C(C)O. The Balaban J connectivity index is 4.98. The third-order valence-corrected chi connectivity index (χ3v) is 4.30. The predicted octanol–water partition coefficient (Wildman–Crippen LogP) is -3.76. The zero-order chi connectivity index (χ0) is 23.4. The molecule has 0 fully saturated rings. The normalized spacial score (nSPS) is 15.6. The molecule has 5 atom stereocenters. The molecule has 11 N–H and O–H groups in total. The smallest absolute Gasteiger partial charge is 0.326 e. The highest BCUT2D eigenvalue weighted by Crippen LogP contribution is 2.02. The van der Waals surface area contributed by atoms with E-state index >= 15 is 0 Å². The standard InChI is InChI=1S/C16H31N7O6S/c1-7(21-13(26)9(17)6-30)12(25)23-11(8(2)24)14(27)22-10(15(28)29)4-3-5-20-16(18)19/h7-11,24,30H,3-6,17H2,1-2H3,(H,21,26)(H,22,27)(H,23,25)(H,28,29)(H4,18,19,20). The van der Waals surface area contributed by atoms with Crippen molar-refractivity contribution in [2.45, 2.75) is 57.0 Å². The minimum absolute atomic E-state index is 0.0202. The first-order valence-corrected chi connectivity index (χ1v) is 9.77. The summed E-state index contributed by atoms with van der Waals surface area (Å²) in [5.74, 6) is -3.66. The molecular weight excluding hydrogens is 418 g/mol. The fourth-order valence-electron chi connectivity index (χ4n) is 2.17. The van der Waals surface area contributed by atoms with E-state index in [0.717, 1.165) is 0 Å². The zero-order valence-electron chi connectivity index (χ0n) is 16.9. The number of thiol groups is 1. The molecule has 0 aromatic carbocycles. The molecule has 0 aliphatic heterocycles. The predicted molar refractivity (Wildman–Crippen MR) is 113 cm³/mol. The molecule has 0 radical (unpaired) electrons. The Morgan fingerprint density at radius 1 is 1.03 bits per heavy atom. The van der Waals surface area contributed by atoms with Crippen LogP contribution in [0.1, 0.15) is 26.7 Å². The van der Waals surface area contributed by atoms with E-state index < -0.39 is 54.0 Å². The van der Waals surface area contributed by atoms with Crippen LogP contribution in [-0.4, -0.2) is 82.4 Å². The lowest BCUT2D eigenvalue weighted by Gasteiger charge is -2.25. The molecule has 0 spiro atoms. The molecular formula is C16H31N7O6S. The summed E-state index contributed by atoms with van der Waals surface area (Å²) in [7, 11) is 0. The van der Waals surface area contributed by atoms with E-state index in [1.807, 2.05) is 0 Å². The van der Waals surface area contributed by atoms with E-state index in [9.17, 15) is 29.4 Å². The molecule has 0 saturated carbocycles. The number of hydrogen-bond donors (Lipinski definition) is 9. The Kier molecular flexibility index (Phi) is 12.4. The zero-order valence-corrected chi connectivity index (χ0v) is 17.8. The molecule has 3 amide bonds. The van der Waals surface area contributed by atoms with Gasteiger partial charge in [-0.05, 0) is 26.7 Å². The highest BCUT2D eigenvalue weighted by Gasteiger charge is 2.31. The summed E-state index contributed by atoms with van der Waals surface area (Å²) in [6.45, 7) is 2.78. The molecule has 13 nitrogen and oxygen atoms in total. The number of aliphatic hydroxyl groups excluding tert-OH is 1. The summed E-state index contributed by atoms with van der Waals surface area (Å²) in [4.78, 5) is 51.6. The van der Waals surface area contributed by atoms with Gasteiger partial charge in [0.05, 0.1) is 12.1 Å². The van der Waals surface area contributed by atoms with E-state index in [4.69, 9.17) is 17.2 Å². The van der Waals surface area contributed by atoms with Gasteiger partial charge < -0.3 is 43.4 Å². The summed E-state index contributed by atoms with van der Waals surface area (Å²) < 4.78 is 0. The van der Waals surface area contributed by atoms with E-state index in [1.54, 1.807) is 0 Å². The first kappa shape index (κ1) is 27.4. The maximum absolute atomic E-state index is 12.4. The number of amides is 3. The van der Waals surface area contributed by atoms with Crippen molar-refractivity contribution in [2.75, 3.05) is 12.3 Å². The molecule has 172 valence electrons. The van der Waals surface area contributed by atoms with Crippen LogP contribution in [0.15, 0.2) is 4.99 Å². The van der Waals surface area contributed by atoms with Crippen molar-refractivity contribution in [3.05, 3.63) is 0 Å². The van der Waals surface area contributed by atoms with Crippen molar-refractivity contribution in [2.24, 2.45) is 22.2 Å². The first-order chi connectivity index (χ1) is 13.9. The van der Waals surface area contributed by atoms with Crippen molar-refractivity contribution >= 4 is 42.3 Å². The van der Waals surface area contributed by atoms with Crippen LogP contribution in [0.2, 0.25) is 0 Å². The van der Waals surface area contributed by atoms with E-state index in [2.05, 4.69) is 33.6 Å². The van der Waals surface area contributed by atoms with Crippen molar-refractivity contribution < 1.29 is 29.4 Å². The van der Waals surface area contributed by atoms with Crippen LogP contribution in [0.25, 0.3) is 0 Å². The van der Waals surface area contributed by atoms with E-state index in [-0.39, 0.29) is 31.1 Å². The van der Waals surface area contributed by atoms with Gasteiger partial charge in [-0.3, -0.25) is 19.4 Å². The van der Waals surface area contributed by atoms with Crippen LogP contribution in [0.5, 0.6) is 0 Å². The minimum Gasteiger partial charge on any atom is -0.480 e. The number of hydrogen-bond acceptors (Lipinski definition) is 8. The van der Waals surface area contributed by atoms with Crippen LogP contribution >= 0.6 is 12.6 Å². The average molecular weight is 450 g/mol. The molecule has 0 aliphatic rings. The lowest BCUT2D eigenvalue weighted by atomic mass is 10.1. The number of aliphatic imine (C=N–C) groups is 1. The lowest BCUT2D eigenvalue weighted by molar-refractivity contribution is -0.143. The summed E-state index contributed by atoms with van der Waals surface area (Å²) >= 11 is 3.89. The number of carboxylic acids is 1. The number of carbonyl (C=O) groups is 4. The number of nitrogens with two attached hydrogens (primary N) is 3. The number of aliphatic carboxylic acids is 1. The van der Waals surface area contributed by atoms with Crippen molar-refractivity contribution in [3.63, 3.8) is 0 Å². The summed E-state index contributed by atoms with van der Waals surface area (Å²) in [6.07, 6.45) is -1.05. The lowest BCUT2D eigenvalue weighted by Crippen LogP contribution is -2.59. The van der Waals surface area contributed by atoms with Gasteiger partial charge >= 0.3 is 5.97 Å². The van der Waals surface area contributed by atoms with E-state index in [1.165, 1.54) is 13.8 Å². The topological polar surface area (TPSA) is 235 Å². The second-order valence-corrected chi connectivity index (χ2v) is 6.96. The van der Waals surface area contributed by atoms with Gasteiger partial charge in [-0.25, -0.2) is 4.79 Å². The number of guanidine groups is 1. The third kappa shape index (κ3) is 10.3. The number of nitrogens with one attached hydrogen (secondary N) is 3. The Bertz CT molecular complexity index is 642. The van der Waals surface area contributed by atoms with Gasteiger partial charge in [0.1, 0.15) is 18.1 Å². The van der Waals surface area contributed by atoms with Crippen LogP contribution in [0.4, 0.5) is 0 Å². The highest BCUT2D eigenvalue weighted by molar-refractivity contribution is 7.80. The maximum atomic E-state index is 12.4. The van der Waals surface area contributed by atoms with Gasteiger partial charge in [0.2, 0.25) is 17.7 Å². The first-order valence-electron chi connectivity index (χ1n) is 9.14. The second kappa shape index (κ2) is 13.6. The average Bonchev–Trinajstić information content (AvgIpc) is 2.66. The molecule has 5 unspecified atom stereocenters. The molecule has 0 bridgehead atoms. The molecule has 0 heterocycles. The van der Waals surface area contributed by atoms with Crippen molar-refractivity contribution in [3.8, 4) is 0 Å². The Morgan fingerprint density at radius 3 is 2.10 bits per heavy atom. The number of carbonyl (C=O) groups excluding carboxylic acids is 3. The number of nitrogens with zero attached hydrogens (tertiary/aromatic N) is 1. The van der Waals surface area contributed by atoms with Gasteiger partial charge in [0.15, 0.2) is 5.96 Å². The molecule has 14 heteroatoms. The summed E-state index contributed by atoms with van der Waals surface area (Å²) in [6, 6.07) is -4.72. The maximum Gasteiger partial charge on any atom is 0.326 e. The van der Waals surface area contributed by atoms with E-state index in [0.29, 0.717) is 0 Å². The number of carboxylic acid groups (broad SMARTS) is 1. The van der Waals surface area contributed by atoms with Crippen LogP contribution < -0.4 is 33.2 Å². The van der Waals surface area contributed by atoms with Crippen LogP contribution in [0.3, 0.4) is 0 Å². The highest BCUT2D eigenvalue weighted by atomic mass is 32.1. The monoisotopic (exact) mass is 449 g/mol. The number of aliphatic hydroxyl groups is 1. The molecule has 0 saturated heterocycles. The molecule has 30 heavy (non-hydrogen) atoms. The third-order valence-electron chi connectivity index (χ3n) is 3.91. The molecule has 0 rings (SSSR count). The quantitative estimate of drug-likeness (QED) is 0.0580. The Labute approximate surface area is 179 Å². The van der Waals surface area contributed by atoms with Gasteiger partial charge in [-0.1, -0.05) is 0 Å². The van der Waals surface area contributed by atoms with Crippen LogP contribution in [-0.2, 0) is 19.2 Å².